The molecule has 3 N–H and O–H groups in total. The van der Waals surface area contributed by atoms with Crippen LogP contribution in [-0.4, -0.2) is 27.4 Å². The van der Waals surface area contributed by atoms with Gasteiger partial charge in [-0.2, -0.15) is 5.10 Å². The summed E-state index contributed by atoms with van der Waals surface area (Å²) in [5.74, 6) is -0.528. The van der Waals surface area contributed by atoms with Crippen molar-refractivity contribution >= 4 is 11.6 Å². The van der Waals surface area contributed by atoms with Crippen molar-refractivity contribution in [1.29, 1.82) is 0 Å². The molecule has 120 valence electrons. The summed E-state index contributed by atoms with van der Waals surface area (Å²) in [7, 11) is 0. The van der Waals surface area contributed by atoms with E-state index < -0.39 is 5.91 Å². The number of nitrogens with zero attached hydrogens (tertiary/aromatic N) is 3. The predicted molar refractivity (Wildman–Crippen MR) is 87.1 cm³/mol. The standard InChI is InChI=1S/C17H20N4O2/c18-17(22)14-9-5-4-8-13(14)16-15(10-11-19-20-16)21(23)12-6-2-1-3-7-12/h4-5,8-12,23H,1-3,6-7H2,(H2,18,22). The Morgan fingerprint density at radius 3 is 2.65 bits per heavy atom. The van der Waals surface area contributed by atoms with Gasteiger partial charge in [0.05, 0.1) is 17.9 Å². The molecule has 6 heteroatoms. The van der Waals surface area contributed by atoms with Crippen LogP contribution < -0.4 is 10.8 Å². The Morgan fingerprint density at radius 2 is 1.91 bits per heavy atom. The lowest BCUT2D eigenvalue weighted by Crippen LogP contribution is -2.34. The molecule has 1 fully saturated rings. The summed E-state index contributed by atoms with van der Waals surface area (Å²) < 4.78 is 0. The van der Waals surface area contributed by atoms with Gasteiger partial charge >= 0.3 is 0 Å². The van der Waals surface area contributed by atoms with Crippen LogP contribution in [0.5, 0.6) is 0 Å². The summed E-state index contributed by atoms with van der Waals surface area (Å²) in [5, 5.41) is 20.0. The Balaban J connectivity index is 2.03. The molecular weight excluding hydrogens is 292 g/mol. The molecule has 0 unspecified atom stereocenters. The molecule has 1 aromatic heterocycles. The molecule has 1 aliphatic rings. The SMILES string of the molecule is NC(=O)c1ccccc1-c1nnccc1N(O)C1CCCCC1. The highest BCUT2D eigenvalue weighted by molar-refractivity contribution is 6.00. The lowest BCUT2D eigenvalue weighted by molar-refractivity contribution is 0.100. The van der Waals surface area contributed by atoms with E-state index in [2.05, 4.69) is 10.2 Å². The van der Waals surface area contributed by atoms with E-state index in [-0.39, 0.29) is 6.04 Å². The molecule has 0 atom stereocenters. The maximum absolute atomic E-state index is 11.7. The third kappa shape index (κ3) is 3.17. The highest BCUT2D eigenvalue weighted by Gasteiger charge is 2.24. The molecule has 0 radical (unpaired) electrons. The number of hydrogen-bond donors (Lipinski definition) is 2. The number of hydroxylamine groups is 1. The van der Waals surface area contributed by atoms with Crippen LogP contribution in [0.4, 0.5) is 5.69 Å². The van der Waals surface area contributed by atoms with Crippen LogP contribution in [0, 0.1) is 0 Å². The number of hydrogen-bond acceptors (Lipinski definition) is 5. The summed E-state index contributed by atoms with van der Waals surface area (Å²) in [6.07, 6.45) is 6.83. The van der Waals surface area contributed by atoms with Crippen LogP contribution in [0.1, 0.15) is 42.5 Å². The molecule has 0 spiro atoms. The number of aromatic nitrogens is 2. The van der Waals surface area contributed by atoms with Gasteiger partial charge in [-0.3, -0.25) is 15.1 Å². The van der Waals surface area contributed by atoms with Gasteiger partial charge in [0.15, 0.2) is 0 Å². The highest BCUT2D eigenvalue weighted by Crippen LogP contribution is 2.33. The number of nitrogens with two attached hydrogens (primary N) is 1. The second kappa shape index (κ2) is 6.75. The smallest absolute Gasteiger partial charge is 0.249 e. The van der Waals surface area contributed by atoms with Crippen molar-refractivity contribution in [3.05, 3.63) is 42.1 Å². The number of carbonyl (C=O) groups is 1. The third-order valence-electron chi connectivity index (χ3n) is 4.31. The lowest BCUT2D eigenvalue weighted by Gasteiger charge is -2.31. The Labute approximate surface area is 134 Å². The fourth-order valence-corrected chi connectivity index (χ4v) is 3.13. The van der Waals surface area contributed by atoms with Gasteiger partial charge in [-0.25, -0.2) is 0 Å². The van der Waals surface area contributed by atoms with E-state index in [4.69, 9.17) is 5.73 Å². The monoisotopic (exact) mass is 312 g/mol. The van der Waals surface area contributed by atoms with Gasteiger partial charge in [-0.1, -0.05) is 37.5 Å². The minimum Gasteiger partial charge on any atom is -0.366 e. The lowest BCUT2D eigenvalue weighted by atomic mass is 9.94. The molecule has 0 aliphatic heterocycles. The van der Waals surface area contributed by atoms with Crippen LogP contribution >= 0.6 is 0 Å². The molecule has 6 nitrogen and oxygen atoms in total. The van der Waals surface area contributed by atoms with Crippen LogP contribution in [0.3, 0.4) is 0 Å². The number of primary amides is 1. The van der Waals surface area contributed by atoms with Crippen molar-refractivity contribution in [2.45, 2.75) is 38.1 Å². The number of rotatable bonds is 4. The van der Waals surface area contributed by atoms with Crippen LogP contribution in [0.15, 0.2) is 36.5 Å². The second-order valence-electron chi connectivity index (χ2n) is 5.81. The van der Waals surface area contributed by atoms with Gasteiger partial charge in [0.25, 0.3) is 0 Å². The van der Waals surface area contributed by atoms with Crippen LogP contribution in [0.2, 0.25) is 0 Å². The maximum atomic E-state index is 11.7. The predicted octanol–water partition coefficient (Wildman–Crippen LogP) is 2.77. The first-order valence-electron chi connectivity index (χ1n) is 7.87. The first kappa shape index (κ1) is 15.4. The Morgan fingerprint density at radius 1 is 1.17 bits per heavy atom. The largest absolute Gasteiger partial charge is 0.366 e. The van der Waals surface area contributed by atoms with Crippen molar-refractivity contribution in [3.8, 4) is 11.3 Å². The van der Waals surface area contributed by atoms with Crippen molar-refractivity contribution in [1.82, 2.24) is 10.2 Å². The van der Waals surface area contributed by atoms with Gasteiger partial charge in [0.2, 0.25) is 5.91 Å². The van der Waals surface area contributed by atoms with E-state index in [9.17, 15) is 10.0 Å². The van der Waals surface area contributed by atoms with Crippen molar-refractivity contribution in [2.24, 2.45) is 5.73 Å². The molecule has 1 aromatic carbocycles. The number of anilines is 1. The third-order valence-corrected chi connectivity index (χ3v) is 4.31. The van der Waals surface area contributed by atoms with Gasteiger partial charge in [-0.05, 0) is 25.0 Å². The van der Waals surface area contributed by atoms with E-state index >= 15 is 0 Å². The topological polar surface area (TPSA) is 92.3 Å². The van der Waals surface area contributed by atoms with E-state index in [0.717, 1.165) is 25.7 Å². The zero-order valence-electron chi connectivity index (χ0n) is 12.9. The maximum Gasteiger partial charge on any atom is 0.249 e. The number of carbonyl (C=O) groups excluding carboxylic acids is 1. The molecule has 0 bridgehead atoms. The summed E-state index contributed by atoms with van der Waals surface area (Å²) in [6, 6.07) is 8.75. The first-order chi connectivity index (χ1) is 11.2. The minimum atomic E-state index is -0.528. The van der Waals surface area contributed by atoms with E-state index in [0.29, 0.717) is 22.5 Å². The molecular formula is C17H20N4O2. The van der Waals surface area contributed by atoms with E-state index in [1.54, 1.807) is 24.3 Å². The highest BCUT2D eigenvalue weighted by atomic mass is 16.5. The molecule has 1 aliphatic carbocycles. The van der Waals surface area contributed by atoms with Crippen molar-refractivity contribution in [3.63, 3.8) is 0 Å². The molecule has 0 saturated heterocycles. The first-order valence-corrected chi connectivity index (χ1v) is 7.87. The molecule has 2 aromatic rings. The minimum absolute atomic E-state index is 0.0624. The molecule has 1 saturated carbocycles. The summed E-state index contributed by atoms with van der Waals surface area (Å²) >= 11 is 0. The quantitative estimate of drug-likeness (QED) is 0.847. The molecule has 1 heterocycles. The van der Waals surface area contributed by atoms with Gasteiger partial charge < -0.3 is 5.73 Å². The zero-order chi connectivity index (χ0) is 16.2. The molecule has 23 heavy (non-hydrogen) atoms. The number of amides is 1. The van der Waals surface area contributed by atoms with Gasteiger partial charge in [0, 0.05) is 11.1 Å². The van der Waals surface area contributed by atoms with Gasteiger partial charge in [0.1, 0.15) is 5.69 Å². The van der Waals surface area contributed by atoms with Crippen molar-refractivity contribution < 1.29 is 10.0 Å². The van der Waals surface area contributed by atoms with E-state index in [1.165, 1.54) is 17.7 Å². The average Bonchev–Trinajstić information content (AvgIpc) is 2.62. The zero-order valence-corrected chi connectivity index (χ0v) is 12.9. The Bertz CT molecular complexity index is 698. The summed E-state index contributed by atoms with van der Waals surface area (Å²) in [4.78, 5) is 11.7. The average molecular weight is 312 g/mol. The molecule has 3 rings (SSSR count). The molecule has 1 amide bonds. The van der Waals surface area contributed by atoms with Crippen LogP contribution in [-0.2, 0) is 0 Å². The summed E-state index contributed by atoms with van der Waals surface area (Å²) in [5.41, 5.74) is 7.43. The fourth-order valence-electron chi connectivity index (χ4n) is 3.13. The Kier molecular flexibility index (Phi) is 4.52. The van der Waals surface area contributed by atoms with Crippen molar-refractivity contribution in [2.75, 3.05) is 5.06 Å². The summed E-state index contributed by atoms with van der Waals surface area (Å²) in [6.45, 7) is 0. The van der Waals surface area contributed by atoms with E-state index in [1.807, 2.05) is 6.07 Å². The normalized spacial score (nSPS) is 15.3. The fraction of sp³-hybridized carbons (Fsp3) is 0.353. The van der Waals surface area contributed by atoms with Gasteiger partial charge in [-0.15, -0.1) is 5.10 Å². The Hall–Kier alpha value is -2.47. The number of benzene rings is 1. The second-order valence-corrected chi connectivity index (χ2v) is 5.81. The van der Waals surface area contributed by atoms with Crippen LogP contribution in [0.25, 0.3) is 11.3 Å².